The Kier molecular flexibility index (Phi) is 10.9. The normalized spacial score (nSPS) is 13.2. The van der Waals surface area contributed by atoms with Crippen molar-refractivity contribution in [1.82, 2.24) is 10.7 Å². The molecule has 224 valence electrons. The Labute approximate surface area is 257 Å². The fourth-order valence-electron chi connectivity index (χ4n) is 4.53. The number of benzene rings is 3. The van der Waals surface area contributed by atoms with Gasteiger partial charge < -0.3 is 24.8 Å². The lowest BCUT2D eigenvalue weighted by molar-refractivity contribution is -0.136. The second-order valence-electron chi connectivity index (χ2n) is 9.65. The number of para-hydroxylation sites is 1. The molecule has 0 aromatic heterocycles. The number of carbonyl (C=O) groups excluding carboxylic acids is 4. The van der Waals surface area contributed by atoms with Crippen LogP contribution in [0, 0.1) is 0 Å². The molecule has 1 saturated carbocycles. The molecule has 11 nitrogen and oxygen atoms in total. The van der Waals surface area contributed by atoms with Gasteiger partial charge in [-0.2, -0.15) is 5.10 Å². The summed E-state index contributed by atoms with van der Waals surface area (Å²) in [4.78, 5) is 50.8. The van der Waals surface area contributed by atoms with E-state index >= 15 is 0 Å². The SMILES string of the molecule is COc1ccc(C(=O)Oc2ccc(Br)cc2/C=N\NC(=O)C(=O)Nc2ccccc2C(=O)NC2CCCCC2)cc1OC. The van der Waals surface area contributed by atoms with Crippen LogP contribution >= 0.6 is 15.9 Å². The Morgan fingerprint density at radius 3 is 2.33 bits per heavy atom. The van der Waals surface area contributed by atoms with E-state index < -0.39 is 17.8 Å². The Morgan fingerprint density at radius 2 is 1.58 bits per heavy atom. The van der Waals surface area contributed by atoms with Crippen LogP contribution < -0.4 is 30.3 Å². The minimum Gasteiger partial charge on any atom is -0.493 e. The van der Waals surface area contributed by atoms with Gasteiger partial charge in [-0.25, -0.2) is 10.2 Å². The molecule has 3 amide bonds. The molecule has 0 heterocycles. The lowest BCUT2D eigenvalue weighted by atomic mass is 9.95. The van der Waals surface area contributed by atoms with Crippen molar-refractivity contribution in [2.45, 2.75) is 38.1 Å². The first-order chi connectivity index (χ1) is 20.8. The number of esters is 1. The zero-order valence-corrected chi connectivity index (χ0v) is 25.2. The summed E-state index contributed by atoms with van der Waals surface area (Å²) in [5, 5.41) is 9.34. The summed E-state index contributed by atoms with van der Waals surface area (Å²) in [6.07, 6.45) is 6.34. The summed E-state index contributed by atoms with van der Waals surface area (Å²) in [5.41, 5.74) is 3.18. The van der Waals surface area contributed by atoms with Gasteiger partial charge in [0.25, 0.3) is 5.91 Å². The highest BCUT2D eigenvalue weighted by molar-refractivity contribution is 9.10. The summed E-state index contributed by atoms with van der Waals surface area (Å²) in [6.45, 7) is 0. The van der Waals surface area contributed by atoms with Gasteiger partial charge in [0.1, 0.15) is 5.75 Å². The highest BCUT2D eigenvalue weighted by Crippen LogP contribution is 2.29. The van der Waals surface area contributed by atoms with Crippen LogP contribution in [-0.4, -0.2) is 50.2 Å². The van der Waals surface area contributed by atoms with Crippen LogP contribution in [0.1, 0.15) is 58.4 Å². The molecule has 3 aromatic carbocycles. The van der Waals surface area contributed by atoms with E-state index in [9.17, 15) is 19.2 Å². The van der Waals surface area contributed by atoms with Gasteiger partial charge in [0.15, 0.2) is 11.5 Å². The Morgan fingerprint density at radius 1 is 0.860 bits per heavy atom. The number of carbonyl (C=O) groups is 4. The molecule has 3 N–H and O–H groups in total. The van der Waals surface area contributed by atoms with Gasteiger partial charge in [0.2, 0.25) is 0 Å². The summed E-state index contributed by atoms with van der Waals surface area (Å²) in [6, 6.07) is 16.0. The average molecular weight is 652 g/mol. The lowest BCUT2D eigenvalue weighted by Gasteiger charge is -2.23. The van der Waals surface area contributed by atoms with E-state index in [1.807, 2.05) is 0 Å². The topological polar surface area (TPSA) is 144 Å². The molecule has 0 bridgehead atoms. The zero-order valence-electron chi connectivity index (χ0n) is 23.6. The molecule has 1 aliphatic rings. The third-order valence-corrected chi connectivity index (χ3v) is 7.22. The van der Waals surface area contributed by atoms with E-state index in [-0.39, 0.29) is 34.5 Å². The molecule has 43 heavy (non-hydrogen) atoms. The number of nitrogens with one attached hydrogen (secondary N) is 3. The minimum absolute atomic E-state index is 0.0869. The largest absolute Gasteiger partial charge is 0.493 e. The number of hydrogen-bond donors (Lipinski definition) is 3. The smallest absolute Gasteiger partial charge is 0.343 e. The summed E-state index contributed by atoms with van der Waals surface area (Å²) >= 11 is 3.36. The van der Waals surface area contributed by atoms with Crippen molar-refractivity contribution in [1.29, 1.82) is 0 Å². The van der Waals surface area contributed by atoms with E-state index in [2.05, 4.69) is 37.1 Å². The Hall–Kier alpha value is -4.71. The molecular weight excluding hydrogens is 620 g/mol. The number of ether oxygens (including phenoxy) is 3. The van der Waals surface area contributed by atoms with Gasteiger partial charge in [-0.3, -0.25) is 14.4 Å². The number of halogens is 1. The summed E-state index contributed by atoms with van der Waals surface area (Å²) in [5.74, 6) is -2.06. The van der Waals surface area contributed by atoms with Gasteiger partial charge in [0, 0.05) is 16.1 Å². The third kappa shape index (κ3) is 8.41. The number of amides is 3. The monoisotopic (exact) mass is 650 g/mol. The second kappa shape index (κ2) is 15.0. The summed E-state index contributed by atoms with van der Waals surface area (Å²) in [7, 11) is 2.94. The van der Waals surface area contributed by atoms with Crippen LogP contribution in [0.2, 0.25) is 0 Å². The van der Waals surface area contributed by atoms with Crippen LogP contribution in [0.15, 0.2) is 70.2 Å². The Balaban J connectivity index is 1.39. The van der Waals surface area contributed by atoms with Crippen molar-refractivity contribution < 1.29 is 33.4 Å². The maximum atomic E-state index is 12.9. The van der Waals surface area contributed by atoms with Crippen molar-refractivity contribution >= 4 is 51.5 Å². The molecule has 0 aliphatic heterocycles. The highest BCUT2D eigenvalue weighted by Gasteiger charge is 2.21. The molecule has 0 radical (unpaired) electrons. The molecule has 3 aromatic rings. The molecule has 0 unspecified atom stereocenters. The maximum absolute atomic E-state index is 12.9. The van der Waals surface area contributed by atoms with Crippen LogP contribution in [0.5, 0.6) is 17.2 Å². The van der Waals surface area contributed by atoms with Crippen LogP contribution in [0.4, 0.5) is 5.69 Å². The molecule has 1 aliphatic carbocycles. The number of anilines is 1. The number of methoxy groups -OCH3 is 2. The van der Waals surface area contributed by atoms with Crippen molar-refractivity contribution in [3.8, 4) is 17.2 Å². The molecule has 0 saturated heterocycles. The molecular formula is C31H31BrN4O7. The summed E-state index contributed by atoms with van der Waals surface area (Å²) < 4.78 is 16.7. The van der Waals surface area contributed by atoms with Gasteiger partial charge in [-0.15, -0.1) is 0 Å². The van der Waals surface area contributed by atoms with Gasteiger partial charge in [-0.1, -0.05) is 47.3 Å². The standard InChI is InChI=1S/C31H31BrN4O7/c1-41-26-14-12-19(17-27(26)42-2)31(40)43-25-15-13-21(32)16-20(25)18-33-36-30(39)29(38)35-24-11-7-6-10-23(24)28(37)34-22-8-4-3-5-9-22/h6-7,10-18,22H,3-5,8-9H2,1-2H3,(H,34,37)(H,35,38)(H,36,39)/b33-18-. The number of rotatable bonds is 9. The quantitative estimate of drug-likeness (QED) is 0.0988. The molecule has 4 rings (SSSR count). The van der Waals surface area contributed by atoms with E-state index in [1.54, 1.807) is 48.5 Å². The van der Waals surface area contributed by atoms with Crippen LogP contribution in [-0.2, 0) is 9.59 Å². The third-order valence-electron chi connectivity index (χ3n) is 6.73. The number of hydrogen-bond acceptors (Lipinski definition) is 8. The fraction of sp³-hybridized carbons (Fsp3) is 0.258. The van der Waals surface area contributed by atoms with E-state index in [4.69, 9.17) is 14.2 Å². The second-order valence-corrected chi connectivity index (χ2v) is 10.6. The van der Waals surface area contributed by atoms with Crippen LogP contribution in [0.3, 0.4) is 0 Å². The lowest BCUT2D eigenvalue weighted by Crippen LogP contribution is -2.37. The van der Waals surface area contributed by atoms with Crippen LogP contribution in [0.25, 0.3) is 0 Å². The molecule has 12 heteroatoms. The zero-order chi connectivity index (χ0) is 30.8. The first kappa shape index (κ1) is 31.2. The van der Waals surface area contributed by atoms with Gasteiger partial charge in [0.05, 0.1) is 37.2 Å². The van der Waals surface area contributed by atoms with Crippen molar-refractivity contribution in [2.75, 3.05) is 19.5 Å². The fourth-order valence-corrected chi connectivity index (χ4v) is 4.90. The van der Waals surface area contributed by atoms with E-state index in [1.165, 1.54) is 32.6 Å². The number of nitrogens with zero attached hydrogens (tertiary/aromatic N) is 1. The van der Waals surface area contributed by atoms with Crippen molar-refractivity contribution in [3.05, 3.63) is 81.8 Å². The first-order valence-electron chi connectivity index (χ1n) is 13.6. The predicted molar refractivity (Wildman–Crippen MR) is 164 cm³/mol. The Bertz CT molecular complexity index is 1540. The number of hydrazone groups is 1. The first-order valence-corrected chi connectivity index (χ1v) is 14.4. The minimum atomic E-state index is -1.06. The molecule has 0 atom stereocenters. The average Bonchev–Trinajstić information content (AvgIpc) is 3.02. The van der Waals surface area contributed by atoms with Crippen molar-refractivity contribution in [2.24, 2.45) is 5.10 Å². The molecule has 1 fully saturated rings. The van der Waals surface area contributed by atoms with E-state index in [0.29, 0.717) is 21.5 Å². The van der Waals surface area contributed by atoms with E-state index in [0.717, 1.165) is 32.1 Å². The van der Waals surface area contributed by atoms with Gasteiger partial charge in [-0.05, 0) is 61.4 Å². The maximum Gasteiger partial charge on any atom is 0.343 e. The van der Waals surface area contributed by atoms with Crippen molar-refractivity contribution in [3.63, 3.8) is 0 Å². The highest BCUT2D eigenvalue weighted by atomic mass is 79.9. The van der Waals surface area contributed by atoms with Gasteiger partial charge >= 0.3 is 17.8 Å². The molecule has 0 spiro atoms. The predicted octanol–water partition coefficient (Wildman–Crippen LogP) is 4.84.